The first kappa shape index (κ1) is 16.3. The first-order chi connectivity index (χ1) is 10.00. The van der Waals surface area contributed by atoms with Crippen molar-refractivity contribution in [3.05, 3.63) is 0 Å². The molecule has 5 heteroatoms. The summed E-state index contributed by atoms with van der Waals surface area (Å²) >= 11 is 0. The molecule has 21 heavy (non-hydrogen) atoms. The van der Waals surface area contributed by atoms with E-state index in [0.717, 1.165) is 58.3 Å². The first-order valence-corrected chi connectivity index (χ1v) is 8.21. The lowest BCUT2D eigenvalue weighted by atomic mass is 9.76. The molecule has 2 heterocycles. The molecule has 2 aliphatic heterocycles. The van der Waals surface area contributed by atoms with Crippen molar-refractivity contribution in [3.8, 4) is 0 Å². The van der Waals surface area contributed by atoms with Gasteiger partial charge >= 0.3 is 0 Å². The highest BCUT2D eigenvalue weighted by atomic mass is 16.2. The number of likely N-dealkylation sites (tertiary alicyclic amines) is 1. The summed E-state index contributed by atoms with van der Waals surface area (Å²) in [5.74, 6) is 0.589. The zero-order valence-corrected chi connectivity index (χ0v) is 13.7. The normalized spacial score (nSPS) is 27.5. The van der Waals surface area contributed by atoms with Crippen molar-refractivity contribution in [3.63, 3.8) is 0 Å². The minimum absolute atomic E-state index is 0.0890. The van der Waals surface area contributed by atoms with Gasteiger partial charge in [-0.2, -0.15) is 0 Å². The molecule has 5 nitrogen and oxygen atoms in total. The van der Waals surface area contributed by atoms with E-state index in [4.69, 9.17) is 0 Å². The average molecular weight is 295 g/mol. The second-order valence-electron chi connectivity index (χ2n) is 6.71. The van der Waals surface area contributed by atoms with Crippen molar-refractivity contribution in [1.29, 1.82) is 0 Å². The topological polar surface area (TPSA) is 52.7 Å². The summed E-state index contributed by atoms with van der Waals surface area (Å²) in [5.41, 5.74) is -0.212. The Balaban J connectivity index is 1.95. The van der Waals surface area contributed by atoms with Gasteiger partial charge in [0.2, 0.25) is 11.8 Å². The molecule has 0 radical (unpaired) electrons. The average Bonchev–Trinajstić information content (AvgIpc) is 2.54. The second-order valence-corrected chi connectivity index (χ2v) is 6.71. The van der Waals surface area contributed by atoms with E-state index in [1.807, 2.05) is 4.90 Å². The maximum atomic E-state index is 12.9. The third kappa shape index (κ3) is 3.39. The second kappa shape index (κ2) is 6.77. The van der Waals surface area contributed by atoms with E-state index < -0.39 is 0 Å². The Morgan fingerprint density at radius 1 is 1.29 bits per heavy atom. The van der Waals surface area contributed by atoms with Crippen LogP contribution < -0.4 is 5.32 Å². The highest BCUT2D eigenvalue weighted by Gasteiger charge is 2.41. The van der Waals surface area contributed by atoms with Crippen molar-refractivity contribution in [2.45, 2.75) is 39.0 Å². The summed E-state index contributed by atoms with van der Waals surface area (Å²) in [6, 6.07) is 0. The predicted octanol–water partition coefficient (Wildman–Crippen LogP) is 1.09. The van der Waals surface area contributed by atoms with Gasteiger partial charge in [0, 0.05) is 39.6 Å². The van der Waals surface area contributed by atoms with Crippen molar-refractivity contribution >= 4 is 11.8 Å². The van der Waals surface area contributed by atoms with Gasteiger partial charge in [0.15, 0.2) is 0 Å². The lowest BCUT2D eigenvalue weighted by Crippen LogP contribution is -2.54. The van der Waals surface area contributed by atoms with E-state index >= 15 is 0 Å². The molecule has 2 amide bonds. The molecule has 2 rings (SSSR count). The molecule has 2 fully saturated rings. The van der Waals surface area contributed by atoms with Gasteiger partial charge in [0.1, 0.15) is 0 Å². The van der Waals surface area contributed by atoms with E-state index in [1.54, 1.807) is 19.0 Å². The van der Waals surface area contributed by atoms with Crippen LogP contribution in [0.15, 0.2) is 0 Å². The fourth-order valence-corrected chi connectivity index (χ4v) is 3.63. The van der Waals surface area contributed by atoms with Crippen LogP contribution in [-0.4, -0.2) is 61.9 Å². The van der Waals surface area contributed by atoms with E-state index in [2.05, 4.69) is 12.2 Å². The predicted molar refractivity (Wildman–Crippen MR) is 82.8 cm³/mol. The number of rotatable bonds is 3. The van der Waals surface area contributed by atoms with Crippen LogP contribution in [-0.2, 0) is 9.59 Å². The number of piperidine rings is 2. The highest BCUT2D eigenvalue weighted by molar-refractivity contribution is 5.84. The summed E-state index contributed by atoms with van der Waals surface area (Å²) in [5, 5.41) is 3.38. The molecule has 0 aliphatic carbocycles. The third-order valence-corrected chi connectivity index (χ3v) is 5.17. The molecule has 0 spiro atoms. The van der Waals surface area contributed by atoms with Gasteiger partial charge in [-0.3, -0.25) is 9.59 Å². The Morgan fingerprint density at radius 2 is 1.95 bits per heavy atom. The summed E-state index contributed by atoms with van der Waals surface area (Å²) in [7, 11) is 3.61. The summed E-state index contributed by atoms with van der Waals surface area (Å²) in [6.45, 7) is 5.40. The standard InChI is InChI=1S/C16H29N3O2/c1-4-16(8-5-9-17-12-16)15(21)19-10-6-13(7-11-19)14(20)18(2)3/h13,17H,4-12H2,1-3H3. The molecule has 1 atom stereocenters. The highest BCUT2D eigenvalue weighted by Crippen LogP contribution is 2.33. The van der Waals surface area contributed by atoms with E-state index in [9.17, 15) is 9.59 Å². The Hall–Kier alpha value is -1.10. The van der Waals surface area contributed by atoms with Crippen LogP contribution in [0.4, 0.5) is 0 Å². The van der Waals surface area contributed by atoms with E-state index in [-0.39, 0.29) is 17.2 Å². The molecule has 0 bridgehead atoms. The Bertz CT molecular complexity index is 381. The van der Waals surface area contributed by atoms with Gasteiger partial charge in [0.05, 0.1) is 5.41 Å². The molecule has 1 N–H and O–H groups in total. The van der Waals surface area contributed by atoms with Crippen LogP contribution in [0.25, 0.3) is 0 Å². The van der Waals surface area contributed by atoms with Gasteiger partial charge < -0.3 is 15.1 Å². The SMILES string of the molecule is CCC1(C(=O)N2CCC(C(=O)N(C)C)CC2)CCCNC1. The van der Waals surface area contributed by atoms with Crippen LogP contribution in [0.2, 0.25) is 0 Å². The Morgan fingerprint density at radius 3 is 2.43 bits per heavy atom. The fraction of sp³-hybridized carbons (Fsp3) is 0.875. The van der Waals surface area contributed by atoms with Crippen LogP contribution in [0, 0.1) is 11.3 Å². The smallest absolute Gasteiger partial charge is 0.230 e. The quantitative estimate of drug-likeness (QED) is 0.848. The Labute approximate surface area is 128 Å². The fourth-order valence-electron chi connectivity index (χ4n) is 3.63. The van der Waals surface area contributed by atoms with Crippen LogP contribution in [0.5, 0.6) is 0 Å². The number of hydrogen-bond acceptors (Lipinski definition) is 3. The summed E-state index contributed by atoms with van der Waals surface area (Å²) < 4.78 is 0. The number of carbonyl (C=O) groups excluding carboxylic acids is 2. The molecule has 1 unspecified atom stereocenters. The molecule has 0 aromatic rings. The maximum Gasteiger partial charge on any atom is 0.230 e. The van der Waals surface area contributed by atoms with Crippen LogP contribution >= 0.6 is 0 Å². The maximum absolute atomic E-state index is 12.9. The van der Waals surface area contributed by atoms with Crippen LogP contribution in [0.3, 0.4) is 0 Å². The van der Waals surface area contributed by atoms with Gasteiger partial charge in [-0.1, -0.05) is 6.92 Å². The van der Waals surface area contributed by atoms with E-state index in [1.165, 1.54) is 0 Å². The molecule has 2 saturated heterocycles. The van der Waals surface area contributed by atoms with Crippen molar-refractivity contribution in [2.24, 2.45) is 11.3 Å². The Kier molecular flexibility index (Phi) is 5.25. The molecular weight excluding hydrogens is 266 g/mol. The first-order valence-electron chi connectivity index (χ1n) is 8.21. The molecule has 120 valence electrons. The van der Waals surface area contributed by atoms with Gasteiger partial charge in [-0.15, -0.1) is 0 Å². The largest absolute Gasteiger partial charge is 0.349 e. The molecule has 2 aliphatic rings. The lowest BCUT2D eigenvalue weighted by Gasteiger charge is -2.42. The minimum atomic E-state index is -0.212. The van der Waals surface area contributed by atoms with Gasteiger partial charge in [0.25, 0.3) is 0 Å². The lowest BCUT2D eigenvalue weighted by molar-refractivity contribution is -0.147. The van der Waals surface area contributed by atoms with Crippen molar-refractivity contribution in [2.75, 3.05) is 40.3 Å². The summed E-state index contributed by atoms with van der Waals surface area (Å²) in [4.78, 5) is 28.6. The van der Waals surface area contributed by atoms with E-state index in [0.29, 0.717) is 5.91 Å². The third-order valence-electron chi connectivity index (χ3n) is 5.17. The molecule has 0 aromatic carbocycles. The minimum Gasteiger partial charge on any atom is -0.349 e. The number of amides is 2. The van der Waals surface area contributed by atoms with Crippen LogP contribution in [0.1, 0.15) is 39.0 Å². The van der Waals surface area contributed by atoms with Crippen molar-refractivity contribution in [1.82, 2.24) is 15.1 Å². The number of hydrogen-bond donors (Lipinski definition) is 1. The number of carbonyl (C=O) groups is 2. The molecular formula is C16H29N3O2. The number of nitrogens with zero attached hydrogens (tertiary/aromatic N) is 2. The monoisotopic (exact) mass is 295 g/mol. The van der Waals surface area contributed by atoms with Gasteiger partial charge in [-0.05, 0) is 38.6 Å². The summed E-state index contributed by atoms with van der Waals surface area (Å²) in [6.07, 6.45) is 4.57. The zero-order chi connectivity index (χ0) is 15.5. The molecule has 0 aromatic heterocycles. The molecule has 0 saturated carbocycles. The van der Waals surface area contributed by atoms with Crippen molar-refractivity contribution < 1.29 is 9.59 Å². The number of nitrogens with one attached hydrogen (secondary N) is 1. The van der Waals surface area contributed by atoms with Gasteiger partial charge in [-0.25, -0.2) is 0 Å². The zero-order valence-electron chi connectivity index (χ0n) is 13.7.